The molecule has 0 radical (unpaired) electrons. The molecule has 0 amide bonds. The van der Waals surface area contributed by atoms with Gasteiger partial charge in [-0.2, -0.15) is 0 Å². The van der Waals surface area contributed by atoms with Crippen molar-refractivity contribution in [2.75, 3.05) is 12.8 Å². The van der Waals surface area contributed by atoms with Crippen LogP contribution in [0.4, 0.5) is 5.69 Å². The van der Waals surface area contributed by atoms with Crippen LogP contribution in [-0.2, 0) is 12.8 Å². The number of hydrogen-bond donors (Lipinski definition) is 1. The lowest BCUT2D eigenvalue weighted by Gasteiger charge is -1.99. The van der Waals surface area contributed by atoms with Gasteiger partial charge >= 0.3 is 0 Å². The Labute approximate surface area is 136 Å². The predicted octanol–water partition coefficient (Wildman–Crippen LogP) is 4.02. The predicted molar refractivity (Wildman–Crippen MR) is 92.6 cm³/mol. The van der Waals surface area contributed by atoms with Gasteiger partial charge in [0.25, 0.3) is 0 Å². The summed E-state index contributed by atoms with van der Waals surface area (Å²) >= 11 is 0. The van der Waals surface area contributed by atoms with Crippen molar-refractivity contribution in [1.82, 2.24) is 10.3 Å². The molecule has 5 heteroatoms. The Bertz CT molecular complexity index is 713. The van der Waals surface area contributed by atoms with Gasteiger partial charge in [-0.3, -0.25) is 0 Å². The van der Waals surface area contributed by atoms with Gasteiger partial charge in [-0.05, 0) is 52.5 Å². The first-order valence-corrected chi connectivity index (χ1v) is 7.82. The Hall–Kier alpha value is -2.56. The average molecular weight is 313 g/mol. The molecule has 0 aliphatic heterocycles. The Balaban J connectivity index is 0.000000174. The Morgan fingerprint density at radius 1 is 1.00 bits per heavy atom. The third kappa shape index (κ3) is 4.22. The average Bonchev–Trinajstić information content (AvgIpc) is 3.09. The molecule has 23 heavy (non-hydrogen) atoms. The van der Waals surface area contributed by atoms with Gasteiger partial charge in [0.15, 0.2) is 5.52 Å². The van der Waals surface area contributed by atoms with Crippen LogP contribution in [0, 0.1) is 0 Å². The number of methoxy groups -OCH3 is 1. The summed E-state index contributed by atoms with van der Waals surface area (Å²) in [6.07, 6.45) is 3.14. The van der Waals surface area contributed by atoms with Crippen LogP contribution in [0.5, 0.6) is 5.75 Å². The van der Waals surface area contributed by atoms with Crippen LogP contribution in [0.3, 0.4) is 0 Å². The zero-order valence-electron chi connectivity index (χ0n) is 13.9. The maximum absolute atomic E-state index is 5.70. The van der Waals surface area contributed by atoms with Gasteiger partial charge in [0.1, 0.15) is 11.3 Å². The lowest BCUT2D eigenvalue weighted by Crippen LogP contribution is -1.91. The fourth-order valence-corrected chi connectivity index (χ4v) is 2.27. The molecule has 1 heterocycles. The number of nitrogen functional groups attached to an aromatic ring is 1. The van der Waals surface area contributed by atoms with E-state index in [9.17, 15) is 0 Å². The number of nitrogens with zero attached hydrogens (tertiary/aromatic N) is 2. The second kappa shape index (κ2) is 8.17. The molecule has 2 N–H and O–H groups in total. The van der Waals surface area contributed by atoms with Gasteiger partial charge in [0.2, 0.25) is 0 Å². The van der Waals surface area contributed by atoms with Crippen molar-refractivity contribution in [2.24, 2.45) is 0 Å². The molecular formula is C18H23N3O2. The molecule has 1 aromatic heterocycles. The third-order valence-corrected chi connectivity index (χ3v) is 3.62. The number of benzene rings is 2. The first kappa shape index (κ1) is 16.8. The van der Waals surface area contributed by atoms with Crippen molar-refractivity contribution >= 4 is 16.7 Å². The third-order valence-electron chi connectivity index (χ3n) is 3.62. The molecular weight excluding hydrogens is 290 g/mol. The maximum Gasteiger partial charge on any atom is 0.158 e. The molecule has 122 valence electrons. The first-order chi connectivity index (χ1) is 11.2. The molecule has 0 atom stereocenters. The molecule has 2 aromatic carbocycles. The standard InChI is InChI=1S/C9H11N3O.C9H12O/c1-2-3-6-4-5-7(10)9-8(6)11-13-12-9;1-3-8-4-6-9(10-2)7-5-8/h4-5H,2-3,10H2,1H3;4-7H,3H2,1-2H3. The first-order valence-electron chi connectivity index (χ1n) is 7.82. The van der Waals surface area contributed by atoms with Crippen molar-refractivity contribution in [2.45, 2.75) is 33.1 Å². The molecule has 0 saturated heterocycles. The summed E-state index contributed by atoms with van der Waals surface area (Å²) < 4.78 is 9.67. The fourth-order valence-electron chi connectivity index (χ4n) is 2.27. The van der Waals surface area contributed by atoms with Crippen LogP contribution >= 0.6 is 0 Å². The van der Waals surface area contributed by atoms with Crippen molar-refractivity contribution in [3.63, 3.8) is 0 Å². The van der Waals surface area contributed by atoms with Gasteiger partial charge < -0.3 is 10.5 Å². The summed E-state index contributed by atoms with van der Waals surface area (Å²) in [5, 5.41) is 7.58. The van der Waals surface area contributed by atoms with E-state index in [-0.39, 0.29) is 0 Å². The molecule has 5 nitrogen and oxygen atoms in total. The summed E-state index contributed by atoms with van der Waals surface area (Å²) in [6.45, 7) is 4.26. The normalized spacial score (nSPS) is 10.2. The van der Waals surface area contributed by atoms with Crippen LogP contribution in [0.15, 0.2) is 41.0 Å². The molecule has 0 saturated carbocycles. The largest absolute Gasteiger partial charge is 0.497 e. The smallest absolute Gasteiger partial charge is 0.158 e. The van der Waals surface area contributed by atoms with Crippen molar-refractivity contribution in [1.29, 1.82) is 0 Å². The summed E-state index contributed by atoms with van der Waals surface area (Å²) in [5.41, 5.74) is 10.3. The van der Waals surface area contributed by atoms with Gasteiger partial charge in [0.05, 0.1) is 12.8 Å². The molecule has 0 spiro atoms. The maximum atomic E-state index is 5.70. The highest BCUT2D eigenvalue weighted by Gasteiger charge is 2.08. The monoisotopic (exact) mass is 313 g/mol. The molecule has 0 unspecified atom stereocenters. The highest BCUT2D eigenvalue weighted by molar-refractivity contribution is 5.88. The fraction of sp³-hybridized carbons (Fsp3) is 0.333. The van der Waals surface area contributed by atoms with E-state index < -0.39 is 0 Å². The number of ether oxygens (including phenoxy) is 1. The summed E-state index contributed by atoms with van der Waals surface area (Å²) in [7, 11) is 1.68. The van der Waals surface area contributed by atoms with Gasteiger partial charge in [-0.25, -0.2) is 4.63 Å². The van der Waals surface area contributed by atoms with E-state index in [0.29, 0.717) is 11.2 Å². The van der Waals surface area contributed by atoms with Crippen molar-refractivity contribution in [3.05, 3.63) is 47.5 Å². The lowest BCUT2D eigenvalue weighted by atomic mass is 10.1. The molecule has 0 aliphatic carbocycles. The number of rotatable bonds is 4. The van der Waals surface area contributed by atoms with Gasteiger partial charge in [0, 0.05) is 0 Å². The zero-order chi connectivity index (χ0) is 16.7. The molecule has 3 aromatic rings. The molecule has 0 aliphatic rings. The van der Waals surface area contributed by atoms with E-state index in [1.807, 2.05) is 24.3 Å². The number of nitrogens with two attached hydrogens (primary N) is 1. The molecule has 0 fully saturated rings. The van der Waals surface area contributed by atoms with E-state index >= 15 is 0 Å². The highest BCUT2D eigenvalue weighted by atomic mass is 16.6. The molecule has 0 bridgehead atoms. The summed E-state index contributed by atoms with van der Waals surface area (Å²) in [4.78, 5) is 0. The SMILES string of the molecule is CCCc1ccc(N)c2nonc12.CCc1ccc(OC)cc1. The second-order valence-electron chi connectivity index (χ2n) is 5.23. The zero-order valence-corrected chi connectivity index (χ0v) is 13.9. The number of fused-ring (bicyclic) bond motifs is 1. The minimum Gasteiger partial charge on any atom is -0.497 e. The Kier molecular flexibility index (Phi) is 5.97. The topological polar surface area (TPSA) is 74.2 Å². The van der Waals surface area contributed by atoms with Crippen LogP contribution in [0.2, 0.25) is 0 Å². The Morgan fingerprint density at radius 3 is 2.30 bits per heavy atom. The summed E-state index contributed by atoms with van der Waals surface area (Å²) in [5.74, 6) is 0.928. The molecule has 3 rings (SSSR count). The van der Waals surface area contributed by atoms with E-state index in [1.165, 1.54) is 5.56 Å². The van der Waals surface area contributed by atoms with E-state index in [2.05, 4.69) is 40.9 Å². The highest BCUT2D eigenvalue weighted by Crippen LogP contribution is 2.21. The Morgan fingerprint density at radius 2 is 1.70 bits per heavy atom. The summed E-state index contributed by atoms with van der Waals surface area (Å²) in [6, 6.07) is 12.0. The van der Waals surface area contributed by atoms with Crippen LogP contribution < -0.4 is 10.5 Å². The van der Waals surface area contributed by atoms with Gasteiger partial charge in [-0.15, -0.1) is 0 Å². The van der Waals surface area contributed by atoms with Crippen molar-refractivity contribution in [3.8, 4) is 5.75 Å². The number of anilines is 1. The lowest BCUT2D eigenvalue weighted by molar-refractivity contribution is 0.315. The second-order valence-corrected chi connectivity index (χ2v) is 5.23. The van der Waals surface area contributed by atoms with E-state index in [4.69, 9.17) is 10.5 Å². The van der Waals surface area contributed by atoms with Gasteiger partial charge in [-0.1, -0.05) is 38.5 Å². The minimum atomic E-state index is 0.621. The van der Waals surface area contributed by atoms with Crippen LogP contribution in [0.25, 0.3) is 11.0 Å². The number of aryl methyl sites for hydroxylation is 2. The van der Waals surface area contributed by atoms with E-state index in [0.717, 1.165) is 36.1 Å². The quantitative estimate of drug-likeness (QED) is 0.736. The number of hydrogen-bond acceptors (Lipinski definition) is 5. The van der Waals surface area contributed by atoms with Crippen molar-refractivity contribution < 1.29 is 9.37 Å². The van der Waals surface area contributed by atoms with E-state index in [1.54, 1.807) is 7.11 Å². The minimum absolute atomic E-state index is 0.621. The van der Waals surface area contributed by atoms with Crippen LogP contribution in [0.1, 0.15) is 31.4 Å². The van der Waals surface area contributed by atoms with Crippen LogP contribution in [-0.4, -0.2) is 17.4 Å². The number of aromatic nitrogens is 2.